The molecule has 1 unspecified atom stereocenters. The van der Waals surface area contributed by atoms with Gasteiger partial charge in [0.1, 0.15) is 0 Å². The quantitative estimate of drug-likeness (QED) is 0.397. The number of hydrogen-bond acceptors (Lipinski definition) is 6. The van der Waals surface area contributed by atoms with Crippen molar-refractivity contribution in [2.75, 3.05) is 32.0 Å². The average molecular weight is 304 g/mol. The molecule has 0 spiro atoms. The molecular formula is C13H18ClNO5. The molecule has 112 valence electrons. The van der Waals surface area contributed by atoms with Crippen molar-refractivity contribution < 1.29 is 24.5 Å². The second-order valence-electron chi connectivity index (χ2n) is 4.14. The summed E-state index contributed by atoms with van der Waals surface area (Å²) in [5, 5.41) is 22.2. The van der Waals surface area contributed by atoms with Gasteiger partial charge in [0, 0.05) is 6.54 Å². The predicted molar refractivity (Wildman–Crippen MR) is 75.6 cm³/mol. The van der Waals surface area contributed by atoms with E-state index in [9.17, 15) is 15.0 Å². The third-order valence-electron chi connectivity index (χ3n) is 2.64. The highest BCUT2D eigenvalue weighted by Crippen LogP contribution is 2.35. The average Bonchev–Trinajstić information content (AvgIpc) is 2.46. The molecule has 0 aromatic heterocycles. The molecule has 0 bridgehead atoms. The maximum Gasteiger partial charge on any atom is 0.309 e. The molecule has 0 amide bonds. The number of esters is 1. The first-order valence-electron chi connectivity index (χ1n) is 5.96. The SMILES string of the molecule is COC(=O)Cc1cc(NCC(O)CCl)c(O)c(OC)c1. The van der Waals surface area contributed by atoms with Crippen LogP contribution in [0.1, 0.15) is 5.56 Å². The second kappa shape index (κ2) is 7.81. The summed E-state index contributed by atoms with van der Waals surface area (Å²) in [6, 6.07) is 3.14. The number of benzene rings is 1. The smallest absolute Gasteiger partial charge is 0.309 e. The molecule has 0 saturated heterocycles. The van der Waals surface area contributed by atoms with E-state index in [0.717, 1.165) is 0 Å². The third-order valence-corrected chi connectivity index (χ3v) is 2.99. The van der Waals surface area contributed by atoms with E-state index in [-0.39, 0.29) is 30.3 Å². The predicted octanol–water partition coefficient (Wildman–Crippen LogP) is 1.13. The first-order valence-corrected chi connectivity index (χ1v) is 6.49. The normalized spacial score (nSPS) is 11.8. The first-order chi connectivity index (χ1) is 9.51. The number of aromatic hydroxyl groups is 1. The molecule has 0 aliphatic heterocycles. The lowest BCUT2D eigenvalue weighted by Crippen LogP contribution is -2.21. The zero-order valence-electron chi connectivity index (χ0n) is 11.4. The first kappa shape index (κ1) is 16.4. The summed E-state index contributed by atoms with van der Waals surface area (Å²) in [5.41, 5.74) is 0.974. The van der Waals surface area contributed by atoms with Crippen molar-refractivity contribution in [3.8, 4) is 11.5 Å². The lowest BCUT2D eigenvalue weighted by Gasteiger charge is -2.15. The highest BCUT2D eigenvalue weighted by molar-refractivity contribution is 6.18. The van der Waals surface area contributed by atoms with E-state index in [0.29, 0.717) is 11.3 Å². The summed E-state index contributed by atoms with van der Waals surface area (Å²) in [6.45, 7) is 0.169. The standard InChI is InChI=1S/C13H18ClNO5/c1-19-11-4-8(5-12(17)20-2)3-10(13(11)18)15-7-9(16)6-14/h3-4,9,15-16,18H,5-7H2,1-2H3. The number of hydrogen-bond donors (Lipinski definition) is 3. The molecule has 1 aromatic carbocycles. The van der Waals surface area contributed by atoms with Gasteiger partial charge in [-0.15, -0.1) is 11.6 Å². The van der Waals surface area contributed by atoms with Gasteiger partial charge in [-0.2, -0.15) is 0 Å². The molecule has 0 radical (unpaired) electrons. The Morgan fingerprint density at radius 1 is 1.45 bits per heavy atom. The van der Waals surface area contributed by atoms with Crippen molar-refractivity contribution in [3.63, 3.8) is 0 Å². The fourth-order valence-corrected chi connectivity index (χ4v) is 1.69. The van der Waals surface area contributed by atoms with Crippen LogP contribution in [0.25, 0.3) is 0 Å². The molecule has 0 aliphatic rings. The van der Waals surface area contributed by atoms with E-state index in [1.165, 1.54) is 14.2 Å². The molecule has 7 heteroatoms. The molecule has 1 rings (SSSR count). The van der Waals surface area contributed by atoms with E-state index in [1.807, 2.05) is 0 Å². The van der Waals surface area contributed by atoms with Crippen LogP contribution in [-0.2, 0) is 16.0 Å². The molecule has 0 heterocycles. The largest absolute Gasteiger partial charge is 0.503 e. The summed E-state index contributed by atoms with van der Waals surface area (Å²) in [6.07, 6.45) is -0.689. The topological polar surface area (TPSA) is 88.0 Å². The minimum absolute atomic E-state index is 0.0554. The second-order valence-corrected chi connectivity index (χ2v) is 4.44. The van der Waals surface area contributed by atoms with Gasteiger partial charge in [-0.1, -0.05) is 0 Å². The maximum absolute atomic E-state index is 11.3. The van der Waals surface area contributed by atoms with Crippen LogP contribution in [0.15, 0.2) is 12.1 Å². The number of carbonyl (C=O) groups is 1. The van der Waals surface area contributed by atoms with Crippen LogP contribution in [-0.4, -0.2) is 48.9 Å². The Hall–Kier alpha value is -1.66. The van der Waals surface area contributed by atoms with Crippen molar-refractivity contribution in [2.24, 2.45) is 0 Å². The van der Waals surface area contributed by atoms with Crippen molar-refractivity contribution in [1.82, 2.24) is 0 Å². The monoisotopic (exact) mass is 303 g/mol. The summed E-state index contributed by atoms with van der Waals surface area (Å²) in [5.74, 6) is -0.186. The Kier molecular flexibility index (Phi) is 6.41. The molecule has 20 heavy (non-hydrogen) atoms. The maximum atomic E-state index is 11.3. The zero-order chi connectivity index (χ0) is 15.1. The molecule has 0 fully saturated rings. The Labute approximate surface area is 122 Å². The fourth-order valence-electron chi connectivity index (χ4n) is 1.58. The Morgan fingerprint density at radius 2 is 2.15 bits per heavy atom. The number of ether oxygens (including phenoxy) is 2. The van der Waals surface area contributed by atoms with Gasteiger partial charge in [-0.3, -0.25) is 4.79 Å². The van der Waals surface area contributed by atoms with Crippen LogP contribution >= 0.6 is 11.6 Å². The van der Waals surface area contributed by atoms with Crippen LogP contribution in [0.4, 0.5) is 5.69 Å². The van der Waals surface area contributed by atoms with E-state index in [4.69, 9.17) is 16.3 Å². The zero-order valence-corrected chi connectivity index (χ0v) is 12.1. The van der Waals surface area contributed by atoms with Gasteiger partial charge in [0.2, 0.25) is 0 Å². The minimum atomic E-state index is -0.744. The third kappa shape index (κ3) is 4.47. The highest BCUT2D eigenvalue weighted by atomic mass is 35.5. The number of phenolic OH excluding ortho intramolecular Hbond substituents is 1. The van der Waals surface area contributed by atoms with Crippen LogP contribution in [0.3, 0.4) is 0 Å². The number of alkyl halides is 1. The summed E-state index contributed by atoms with van der Waals surface area (Å²) >= 11 is 5.50. The number of anilines is 1. The summed E-state index contributed by atoms with van der Waals surface area (Å²) < 4.78 is 9.64. The molecule has 1 atom stereocenters. The van der Waals surface area contributed by atoms with E-state index >= 15 is 0 Å². The van der Waals surface area contributed by atoms with E-state index in [1.54, 1.807) is 12.1 Å². The number of carbonyl (C=O) groups excluding carboxylic acids is 1. The number of methoxy groups -OCH3 is 2. The van der Waals surface area contributed by atoms with Crippen molar-refractivity contribution in [2.45, 2.75) is 12.5 Å². The van der Waals surface area contributed by atoms with Gasteiger partial charge in [-0.25, -0.2) is 0 Å². The highest BCUT2D eigenvalue weighted by Gasteiger charge is 2.14. The van der Waals surface area contributed by atoms with Crippen LogP contribution < -0.4 is 10.1 Å². The Morgan fingerprint density at radius 3 is 2.70 bits per heavy atom. The fraction of sp³-hybridized carbons (Fsp3) is 0.462. The number of phenols is 1. The van der Waals surface area contributed by atoms with Gasteiger partial charge in [0.05, 0.1) is 38.3 Å². The van der Waals surface area contributed by atoms with Crippen molar-refractivity contribution in [1.29, 1.82) is 0 Å². The van der Waals surface area contributed by atoms with Gasteiger partial charge in [0.15, 0.2) is 11.5 Å². The molecule has 3 N–H and O–H groups in total. The van der Waals surface area contributed by atoms with Gasteiger partial charge < -0.3 is 25.0 Å². The molecule has 1 aromatic rings. The van der Waals surface area contributed by atoms with Crippen molar-refractivity contribution in [3.05, 3.63) is 17.7 Å². The van der Waals surface area contributed by atoms with Crippen LogP contribution in [0, 0.1) is 0 Å². The number of rotatable bonds is 7. The summed E-state index contributed by atoms with van der Waals surface area (Å²) in [7, 11) is 2.71. The Balaban J connectivity index is 2.96. The van der Waals surface area contributed by atoms with Gasteiger partial charge in [-0.05, 0) is 17.7 Å². The van der Waals surface area contributed by atoms with E-state index in [2.05, 4.69) is 10.1 Å². The minimum Gasteiger partial charge on any atom is -0.503 e. The summed E-state index contributed by atoms with van der Waals surface area (Å²) in [4.78, 5) is 11.3. The van der Waals surface area contributed by atoms with Gasteiger partial charge >= 0.3 is 5.97 Å². The lowest BCUT2D eigenvalue weighted by molar-refractivity contribution is -0.139. The molecule has 0 aliphatic carbocycles. The number of nitrogens with one attached hydrogen (secondary N) is 1. The molecule has 0 saturated carbocycles. The number of aliphatic hydroxyl groups excluding tert-OH is 1. The van der Waals surface area contributed by atoms with Gasteiger partial charge in [0.25, 0.3) is 0 Å². The van der Waals surface area contributed by atoms with Crippen LogP contribution in [0.5, 0.6) is 11.5 Å². The van der Waals surface area contributed by atoms with Crippen molar-refractivity contribution >= 4 is 23.3 Å². The van der Waals surface area contributed by atoms with E-state index < -0.39 is 12.1 Å². The molecular weight excluding hydrogens is 286 g/mol. The number of halogens is 1. The number of aliphatic hydroxyl groups is 1. The van der Waals surface area contributed by atoms with Crippen LogP contribution in [0.2, 0.25) is 0 Å². The molecule has 6 nitrogen and oxygen atoms in total. The lowest BCUT2D eigenvalue weighted by atomic mass is 10.1. The Bertz CT molecular complexity index is 466.